The summed E-state index contributed by atoms with van der Waals surface area (Å²) in [6, 6.07) is 8.36. The lowest BCUT2D eigenvalue weighted by Crippen LogP contribution is -2.34. The minimum absolute atomic E-state index is 0.0240. The number of nitriles is 1. The fourth-order valence-electron chi connectivity index (χ4n) is 4.05. The van der Waals surface area contributed by atoms with Gasteiger partial charge in [-0.1, -0.05) is 24.1 Å². The van der Waals surface area contributed by atoms with Gasteiger partial charge in [0, 0.05) is 6.07 Å². The largest absolute Gasteiger partial charge is 0.382 e. The maximum absolute atomic E-state index is 13.6. The summed E-state index contributed by atoms with van der Waals surface area (Å²) in [4.78, 5) is 26.5. The van der Waals surface area contributed by atoms with Crippen molar-refractivity contribution >= 4 is 40.1 Å². The third-order valence-electron chi connectivity index (χ3n) is 5.86. The maximum atomic E-state index is 13.6. The average molecular weight is 463 g/mol. The number of aromatic amines is 1. The molecule has 5 rings (SSSR count). The molecule has 3 aromatic heterocycles. The van der Waals surface area contributed by atoms with Crippen molar-refractivity contribution in [2.24, 2.45) is 5.92 Å². The summed E-state index contributed by atoms with van der Waals surface area (Å²) in [6.45, 7) is 0. The minimum atomic E-state index is -0.473. The minimum Gasteiger partial charge on any atom is -0.382 e. The van der Waals surface area contributed by atoms with Crippen LogP contribution in [0.25, 0.3) is 16.7 Å². The molecule has 1 aromatic carbocycles. The average Bonchev–Trinajstić information content (AvgIpc) is 3.26. The second-order valence-corrected chi connectivity index (χ2v) is 8.21. The first-order chi connectivity index (χ1) is 16.0. The number of rotatable bonds is 5. The Hall–Kier alpha value is -4.17. The third kappa shape index (κ3) is 3.50. The Kier molecular flexibility index (Phi) is 5.07. The van der Waals surface area contributed by atoms with E-state index in [0.29, 0.717) is 27.6 Å². The molecule has 1 atom stereocenters. The number of nitrogens with two attached hydrogens (primary N) is 2. The molecule has 1 fully saturated rings. The number of nitrogens with zero attached hydrogens (tertiary/aromatic N) is 6. The normalized spacial score (nSPS) is 14.5. The lowest BCUT2D eigenvalue weighted by Gasteiger charge is -2.35. The molecule has 0 amide bonds. The second kappa shape index (κ2) is 8.07. The number of anilines is 3. The molecule has 12 heteroatoms. The van der Waals surface area contributed by atoms with E-state index >= 15 is 0 Å². The standard InChI is InChI=1S/C21H19ClN10O/c22-12-5-2-6-13-15(12)20(33)32(14-7-8-26-31-14)19(27-13)16(10-3-1-4-10)28-18-11(9-23)17(24)29-21(25)30-18/h2,5-8,10,16H,1,3-4H2,(H,26,31)(H5,24,25,28,29,30)/t16-/m0/s1. The summed E-state index contributed by atoms with van der Waals surface area (Å²) >= 11 is 6.36. The van der Waals surface area contributed by atoms with Gasteiger partial charge in [-0.3, -0.25) is 9.89 Å². The summed E-state index contributed by atoms with van der Waals surface area (Å²) < 4.78 is 1.46. The molecule has 1 aliphatic carbocycles. The van der Waals surface area contributed by atoms with Crippen molar-refractivity contribution in [1.82, 2.24) is 29.7 Å². The van der Waals surface area contributed by atoms with Gasteiger partial charge >= 0.3 is 0 Å². The smallest absolute Gasteiger partial charge is 0.268 e. The Labute approximate surface area is 192 Å². The Morgan fingerprint density at radius 1 is 1.24 bits per heavy atom. The zero-order chi connectivity index (χ0) is 23.1. The van der Waals surface area contributed by atoms with Crippen LogP contribution in [0.2, 0.25) is 5.02 Å². The van der Waals surface area contributed by atoms with Gasteiger partial charge in [0.15, 0.2) is 5.82 Å². The van der Waals surface area contributed by atoms with Gasteiger partial charge in [0.1, 0.15) is 29.1 Å². The molecule has 166 valence electrons. The Bertz CT molecular complexity index is 1450. The Morgan fingerprint density at radius 3 is 2.73 bits per heavy atom. The Morgan fingerprint density at radius 2 is 2.06 bits per heavy atom. The zero-order valence-corrected chi connectivity index (χ0v) is 18.0. The molecule has 0 spiro atoms. The van der Waals surface area contributed by atoms with Crippen molar-refractivity contribution in [3.63, 3.8) is 0 Å². The van der Waals surface area contributed by atoms with Crippen LogP contribution >= 0.6 is 11.6 Å². The first-order valence-corrected chi connectivity index (χ1v) is 10.7. The van der Waals surface area contributed by atoms with Crippen molar-refractivity contribution < 1.29 is 0 Å². The van der Waals surface area contributed by atoms with Crippen LogP contribution in [-0.2, 0) is 0 Å². The van der Waals surface area contributed by atoms with E-state index in [2.05, 4.69) is 25.5 Å². The predicted octanol–water partition coefficient (Wildman–Crippen LogP) is 2.54. The molecule has 4 aromatic rings. The van der Waals surface area contributed by atoms with E-state index in [9.17, 15) is 10.1 Å². The maximum Gasteiger partial charge on any atom is 0.268 e. The van der Waals surface area contributed by atoms with Crippen LogP contribution in [0, 0.1) is 17.2 Å². The fraction of sp³-hybridized carbons (Fsp3) is 0.238. The van der Waals surface area contributed by atoms with Crippen LogP contribution in [0.4, 0.5) is 17.6 Å². The van der Waals surface area contributed by atoms with Crippen LogP contribution < -0.4 is 22.3 Å². The number of hydrogen-bond acceptors (Lipinski definition) is 9. The van der Waals surface area contributed by atoms with Crippen molar-refractivity contribution in [2.45, 2.75) is 25.3 Å². The number of benzene rings is 1. The van der Waals surface area contributed by atoms with Crippen molar-refractivity contribution in [3.8, 4) is 11.9 Å². The van der Waals surface area contributed by atoms with Crippen molar-refractivity contribution in [1.29, 1.82) is 5.26 Å². The number of aromatic nitrogens is 6. The van der Waals surface area contributed by atoms with Crippen LogP contribution in [-0.4, -0.2) is 29.7 Å². The van der Waals surface area contributed by atoms with Gasteiger partial charge in [-0.05, 0) is 30.9 Å². The quantitative estimate of drug-likeness (QED) is 0.346. The first kappa shape index (κ1) is 20.7. The molecule has 0 radical (unpaired) electrons. The summed E-state index contributed by atoms with van der Waals surface area (Å²) in [6.07, 6.45) is 4.40. The predicted molar refractivity (Wildman–Crippen MR) is 124 cm³/mol. The van der Waals surface area contributed by atoms with Crippen molar-refractivity contribution in [2.75, 3.05) is 16.8 Å². The van der Waals surface area contributed by atoms with E-state index in [1.807, 2.05) is 6.07 Å². The molecule has 0 bridgehead atoms. The van der Waals surface area contributed by atoms with Gasteiger partial charge in [-0.15, -0.1) is 0 Å². The number of nitrogens with one attached hydrogen (secondary N) is 2. The summed E-state index contributed by atoms with van der Waals surface area (Å²) in [5.41, 5.74) is 11.9. The second-order valence-electron chi connectivity index (χ2n) is 7.80. The van der Waals surface area contributed by atoms with Crippen LogP contribution in [0.15, 0.2) is 35.3 Å². The number of hydrogen-bond donors (Lipinski definition) is 4. The van der Waals surface area contributed by atoms with Gasteiger partial charge in [0.05, 0.1) is 28.2 Å². The number of H-pyrrole nitrogens is 1. The van der Waals surface area contributed by atoms with Gasteiger partial charge < -0.3 is 16.8 Å². The summed E-state index contributed by atoms with van der Waals surface area (Å²) in [5, 5.41) is 20.3. The molecule has 11 nitrogen and oxygen atoms in total. The summed E-state index contributed by atoms with van der Waals surface area (Å²) in [7, 11) is 0. The van der Waals surface area contributed by atoms with E-state index in [1.165, 1.54) is 4.57 Å². The van der Waals surface area contributed by atoms with Gasteiger partial charge in [0.2, 0.25) is 5.95 Å². The van der Waals surface area contributed by atoms with Crippen molar-refractivity contribution in [3.05, 3.63) is 57.2 Å². The summed E-state index contributed by atoms with van der Waals surface area (Å²) in [5.74, 6) is 1.11. The lowest BCUT2D eigenvalue weighted by atomic mass is 9.79. The molecular weight excluding hydrogens is 444 g/mol. The molecule has 1 saturated carbocycles. The van der Waals surface area contributed by atoms with Crippen LogP contribution in [0.3, 0.4) is 0 Å². The van der Waals surface area contributed by atoms with Crippen LogP contribution in [0.5, 0.6) is 0 Å². The highest BCUT2D eigenvalue weighted by Crippen LogP contribution is 2.40. The highest BCUT2D eigenvalue weighted by atomic mass is 35.5. The molecule has 3 heterocycles. The number of halogens is 1. The highest BCUT2D eigenvalue weighted by Gasteiger charge is 2.34. The topological polar surface area (TPSA) is 177 Å². The molecular formula is C21H19ClN10O. The van der Waals surface area contributed by atoms with E-state index in [-0.39, 0.29) is 34.6 Å². The van der Waals surface area contributed by atoms with Gasteiger partial charge in [-0.25, -0.2) is 9.55 Å². The molecule has 6 N–H and O–H groups in total. The van der Waals surface area contributed by atoms with Gasteiger partial charge in [-0.2, -0.15) is 20.3 Å². The number of nitrogen functional groups attached to an aromatic ring is 2. The first-order valence-electron chi connectivity index (χ1n) is 10.3. The monoisotopic (exact) mass is 462 g/mol. The van der Waals surface area contributed by atoms with Gasteiger partial charge in [0.25, 0.3) is 5.56 Å². The molecule has 0 saturated heterocycles. The third-order valence-corrected chi connectivity index (χ3v) is 6.17. The molecule has 0 unspecified atom stereocenters. The number of fused-ring (bicyclic) bond motifs is 1. The Balaban J connectivity index is 1.76. The lowest BCUT2D eigenvalue weighted by molar-refractivity contribution is 0.268. The van der Waals surface area contributed by atoms with E-state index in [4.69, 9.17) is 28.1 Å². The molecule has 33 heavy (non-hydrogen) atoms. The SMILES string of the molecule is N#Cc1c(N)nc(N)nc1N[C@H](c1nc2cccc(Cl)c2c(=O)n1-c1ccn[nH]1)C1CCC1. The van der Waals surface area contributed by atoms with E-state index in [0.717, 1.165) is 19.3 Å². The molecule has 0 aliphatic heterocycles. The highest BCUT2D eigenvalue weighted by molar-refractivity contribution is 6.35. The van der Waals surface area contributed by atoms with Crippen LogP contribution in [0.1, 0.15) is 36.7 Å². The molecule has 1 aliphatic rings. The fourth-order valence-corrected chi connectivity index (χ4v) is 4.30. The van der Waals surface area contributed by atoms with E-state index < -0.39 is 6.04 Å². The zero-order valence-electron chi connectivity index (χ0n) is 17.3. The van der Waals surface area contributed by atoms with E-state index in [1.54, 1.807) is 30.5 Å².